The largest absolute Gasteiger partial charge is 0.480 e. The Bertz CT molecular complexity index is 486. The number of nitrogens with one attached hydrogen (secondary N) is 1. The Morgan fingerprint density at radius 3 is 2.55 bits per heavy atom. The van der Waals surface area contributed by atoms with Crippen LogP contribution in [0.1, 0.15) is 4.88 Å². The van der Waals surface area contributed by atoms with Gasteiger partial charge in [-0.1, -0.05) is 11.6 Å². The second-order valence-electron chi connectivity index (χ2n) is 4.52. The molecule has 2 rings (SSSR count). The van der Waals surface area contributed by atoms with Gasteiger partial charge in [-0.15, -0.1) is 11.3 Å². The van der Waals surface area contributed by atoms with Crippen molar-refractivity contribution in [1.29, 1.82) is 0 Å². The topological polar surface area (TPSA) is 72.9 Å². The van der Waals surface area contributed by atoms with Crippen LogP contribution in [0.25, 0.3) is 0 Å². The van der Waals surface area contributed by atoms with E-state index in [4.69, 9.17) is 16.7 Å². The summed E-state index contributed by atoms with van der Waals surface area (Å²) in [6.45, 7) is 2.76. The fraction of sp³-hybridized carbons (Fsp3) is 0.500. The first-order valence-electron chi connectivity index (χ1n) is 6.26. The quantitative estimate of drug-likeness (QED) is 0.878. The average molecular weight is 318 g/mol. The van der Waals surface area contributed by atoms with Gasteiger partial charge in [0.05, 0.1) is 17.4 Å². The van der Waals surface area contributed by atoms with E-state index in [2.05, 4.69) is 5.32 Å². The first kappa shape index (κ1) is 15.1. The molecule has 8 heteroatoms. The van der Waals surface area contributed by atoms with Crippen molar-refractivity contribution in [1.82, 2.24) is 15.1 Å². The first-order valence-corrected chi connectivity index (χ1v) is 7.45. The molecule has 1 aliphatic rings. The molecule has 0 bridgehead atoms. The summed E-state index contributed by atoms with van der Waals surface area (Å²) in [7, 11) is 0. The second kappa shape index (κ2) is 6.92. The molecule has 1 aliphatic heterocycles. The van der Waals surface area contributed by atoms with Crippen LogP contribution in [-0.2, 0) is 11.3 Å². The fourth-order valence-electron chi connectivity index (χ4n) is 2.02. The molecule has 110 valence electrons. The maximum absolute atomic E-state index is 12.0. The van der Waals surface area contributed by atoms with Crippen molar-refractivity contribution in [3.8, 4) is 0 Å². The summed E-state index contributed by atoms with van der Waals surface area (Å²) >= 11 is 7.27. The van der Waals surface area contributed by atoms with E-state index in [0.717, 1.165) is 4.88 Å². The molecule has 0 aliphatic carbocycles. The van der Waals surface area contributed by atoms with Gasteiger partial charge >= 0.3 is 12.0 Å². The molecule has 1 aromatic rings. The molecule has 0 saturated carbocycles. The Morgan fingerprint density at radius 2 is 2.00 bits per heavy atom. The van der Waals surface area contributed by atoms with Crippen molar-refractivity contribution in [2.75, 3.05) is 32.7 Å². The van der Waals surface area contributed by atoms with Crippen LogP contribution in [0.5, 0.6) is 0 Å². The molecule has 2 amide bonds. The standard InChI is InChI=1S/C12H16ClN3O3S/c13-10-2-1-9(20-10)7-14-12(19)16-5-3-15(4-6-16)8-11(17)18/h1-2H,3-8H2,(H,14,19)(H,17,18). The van der Waals surface area contributed by atoms with E-state index in [9.17, 15) is 9.59 Å². The molecule has 1 saturated heterocycles. The number of aliphatic carboxylic acids is 1. The summed E-state index contributed by atoms with van der Waals surface area (Å²) in [4.78, 5) is 27.1. The smallest absolute Gasteiger partial charge is 0.317 e. The maximum Gasteiger partial charge on any atom is 0.317 e. The summed E-state index contributed by atoms with van der Waals surface area (Å²) in [5, 5.41) is 11.6. The molecule has 0 atom stereocenters. The van der Waals surface area contributed by atoms with Gasteiger partial charge in [0.25, 0.3) is 0 Å². The zero-order valence-electron chi connectivity index (χ0n) is 10.8. The number of amides is 2. The third-order valence-corrected chi connectivity index (χ3v) is 4.29. The van der Waals surface area contributed by atoms with Crippen LogP contribution in [0.4, 0.5) is 4.79 Å². The van der Waals surface area contributed by atoms with E-state index in [0.29, 0.717) is 37.1 Å². The summed E-state index contributed by atoms with van der Waals surface area (Å²) in [6, 6.07) is 3.57. The number of carboxylic acid groups (broad SMARTS) is 1. The van der Waals surface area contributed by atoms with Crippen molar-refractivity contribution >= 4 is 34.9 Å². The van der Waals surface area contributed by atoms with Crippen molar-refractivity contribution in [3.63, 3.8) is 0 Å². The van der Waals surface area contributed by atoms with Gasteiger partial charge in [0.15, 0.2) is 0 Å². The van der Waals surface area contributed by atoms with Gasteiger partial charge < -0.3 is 15.3 Å². The maximum atomic E-state index is 12.0. The lowest BCUT2D eigenvalue weighted by molar-refractivity contribution is -0.138. The summed E-state index contributed by atoms with van der Waals surface area (Å²) in [5.41, 5.74) is 0. The van der Waals surface area contributed by atoms with Gasteiger partial charge in [0.2, 0.25) is 0 Å². The normalized spacial score (nSPS) is 16.1. The summed E-state index contributed by atoms with van der Waals surface area (Å²) in [6.07, 6.45) is 0. The Hall–Kier alpha value is -1.31. The van der Waals surface area contributed by atoms with E-state index >= 15 is 0 Å². The van der Waals surface area contributed by atoms with E-state index in [1.807, 2.05) is 11.0 Å². The van der Waals surface area contributed by atoms with Crippen LogP contribution in [0.3, 0.4) is 0 Å². The van der Waals surface area contributed by atoms with Crippen molar-refractivity contribution < 1.29 is 14.7 Å². The molecule has 2 heterocycles. The van der Waals surface area contributed by atoms with Crippen LogP contribution in [-0.4, -0.2) is 59.6 Å². The van der Waals surface area contributed by atoms with Crippen LogP contribution >= 0.6 is 22.9 Å². The predicted octanol–water partition coefficient (Wildman–Crippen LogP) is 1.31. The molecule has 20 heavy (non-hydrogen) atoms. The van der Waals surface area contributed by atoms with Crippen LogP contribution in [0, 0.1) is 0 Å². The monoisotopic (exact) mass is 317 g/mol. The van der Waals surface area contributed by atoms with E-state index in [1.54, 1.807) is 11.0 Å². The van der Waals surface area contributed by atoms with E-state index in [1.165, 1.54) is 11.3 Å². The minimum absolute atomic E-state index is 0.0309. The zero-order chi connectivity index (χ0) is 14.5. The lowest BCUT2D eigenvalue weighted by Crippen LogP contribution is -2.52. The number of nitrogens with zero attached hydrogens (tertiary/aromatic N) is 2. The predicted molar refractivity (Wildman–Crippen MR) is 77.2 cm³/mol. The Kier molecular flexibility index (Phi) is 5.22. The Balaban J connectivity index is 1.73. The number of carbonyl (C=O) groups excluding carboxylic acids is 1. The minimum atomic E-state index is -0.836. The van der Waals surface area contributed by atoms with Gasteiger partial charge in [-0.25, -0.2) is 4.79 Å². The van der Waals surface area contributed by atoms with Crippen molar-refractivity contribution in [2.24, 2.45) is 0 Å². The third kappa shape index (κ3) is 4.36. The van der Waals surface area contributed by atoms with Gasteiger partial charge in [-0.3, -0.25) is 9.69 Å². The number of rotatable bonds is 4. The lowest BCUT2D eigenvalue weighted by Gasteiger charge is -2.33. The number of hydrogen-bond donors (Lipinski definition) is 2. The highest BCUT2D eigenvalue weighted by atomic mass is 35.5. The molecule has 0 radical (unpaired) electrons. The molecule has 0 aromatic carbocycles. The minimum Gasteiger partial charge on any atom is -0.480 e. The number of piperazine rings is 1. The van der Waals surface area contributed by atoms with E-state index < -0.39 is 5.97 Å². The average Bonchev–Trinajstić information content (AvgIpc) is 2.82. The number of urea groups is 1. The first-order chi connectivity index (χ1) is 9.54. The third-order valence-electron chi connectivity index (χ3n) is 3.06. The molecule has 0 unspecified atom stereocenters. The van der Waals surface area contributed by atoms with Gasteiger partial charge in [0.1, 0.15) is 0 Å². The van der Waals surface area contributed by atoms with E-state index in [-0.39, 0.29) is 12.6 Å². The molecular weight excluding hydrogens is 302 g/mol. The number of carbonyl (C=O) groups is 2. The molecule has 1 aromatic heterocycles. The van der Waals surface area contributed by atoms with Crippen LogP contribution in [0.15, 0.2) is 12.1 Å². The summed E-state index contributed by atoms with van der Waals surface area (Å²) < 4.78 is 0.705. The second-order valence-corrected chi connectivity index (χ2v) is 6.32. The highest BCUT2D eigenvalue weighted by molar-refractivity contribution is 7.16. The van der Waals surface area contributed by atoms with Gasteiger partial charge in [-0.2, -0.15) is 0 Å². The molecule has 2 N–H and O–H groups in total. The Labute approximate surface area is 125 Å². The highest BCUT2D eigenvalue weighted by Gasteiger charge is 2.21. The zero-order valence-corrected chi connectivity index (χ0v) is 12.4. The van der Waals surface area contributed by atoms with Gasteiger partial charge in [-0.05, 0) is 12.1 Å². The fourth-order valence-corrected chi connectivity index (χ4v) is 3.05. The molecular formula is C12H16ClN3O3S. The van der Waals surface area contributed by atoms with Crippen molar-refractivity contribution in [2.45, 2.75) is 6.54 Å². The number of hydrogen-bond acceptors (Lipinski definition) is 4. The van der Waals surface area contributed by atoms with Gasteiger partial charge in [0, 0.05) is 31.1 Å². The molecule has 6 nitrogen and oxygen atoms in total. The molecule has 0 spiro atoms. The highest BCUT2D eigenvalue weighted by Crippen LogP contribution is 2.21. The lowest BCUT2D eigenvalue weighted by atomic mass is 10.3. The number of thiophene rings is 1. The number of halogens is 1. The molecule has 1 fully saturated rings. The van der Waals surface area contributed by atoms with Crippen LogP contribution < -0.4 is 5.32 Å². The Morgan fingerprint density at radius 1 is 1.30 bits per heavy atom. The van der Waals surface area contributed by atoms with Crippen molar-refractivity contribution in [3.05, 3.63) is 21.3 Å². The summed E-state index contributed by atoms with van der Waals surface area (Å²) in [5.74, 6) is -0.836. The number of carboxylic acids is 1. The van der Waals surface area contributed by atoms with Crippen LogP contribution in [0.2, 0.25) is 4.34 Å². The SMILES string of the molecule is O=C(O)CN1CCN(C(=O)NCc2ccc(Cl)s2)CC1.